The van der Waals surface area contributed by atoms with Crippen molar-refractivity contribution in [2.24, 2.45) is 0 Å². The zero-order valence-electron chi connectivity index (χ0n) is 10.8. The Kier molecular flexibility index (Phi) is 5.20. The van der Waals surface area contributed by atoms with Crippen molar-refractivity contribution in [1.29, 1.82) is 0 Å². The zero-order valence-corrected chi connectivity index (χ0v) is 12.3. The van der Waals surface area contributed by atoms with Crippen molar-refractivity contribution in [2.75, 3.05) is 6.54 Å². The molecule has 0 spiro atoms. The first-order valence-corrected chi connectivity index (χ1v) is 6.97. The van der Waals surface area contributed by atoms with Crippen LogP contribution in [-0.2, 0) is 13.0 Å². The van der Waals surface area contributed by atoms with E-state index < -0.39 is 0 Å². The number of nitrogens with zero attached hydrogens (tertiary/aromatic N) is 1. The molecule has 1 aromatic carbocycles. The summed E-state index contributed by atoms with van der Waals surface area (Å²) in [6, 6.07) is 9.73. The molecule has 1 heterocycles. The van der Waals surface area contributed by atoms with Gasteiger partial charge in [-0.2, -0.15) is 0 Å². The van der Waals surface area contributed by atoms with Crippen LogP contribution in [0.25, 0.3) is 0 Å². The maximum atomic E-state index is 6.12. The van der Waals surface area contributed by atoms with Crippen molar-refractivity contribution in [3.63, 3.8) is 0 Å². The highest BCUT2D eigenvalue weighted by Crippen LogP contribution is 2.21. The molecule has 1 N–H and O–H groups in total. The van der Waals surface area contributed by atoms with Crippen LogP contribution in [0.2, 0.25) is 10.0 Å². The largest absolute Gasteiger partial charge is 0.312 e. The van der Waals surface area contributed by atoms with Gasteiger partial charge in [-0.1, -0.05) is 35.3 Å². The van der Waals surface area contributed by atoms with Gasteiger partial charge in [0.05, 0.1) is 0 Å². The number of pyridine rings is 1. The Morgan fingerprint density at radius 2 is 2.00 bits per heavy atom. The smallest absolute Gasteiger partial charge is 0.0453 e. The average molecular weight is 295 g/mol. The summed E-state index contributed by atoms with van der Waals surface area (Å²) < 4.78 is 0. The van der Waals surface area contributed by atoms with E-state index in [4.69, 9.17) is 23.2 Å². The number of hydrogen-bond donors (Lipinski definition) is 1. The van der Waals surface area contributed by atoms with E-state index in [1.807, 2.05) is 31.3 Å². The summed E-state index contributed by atoms with van der Waals surface area (Å²) in [5.74, 6) is 0. The number of aromatic nitrogens is 1. The lowest BCUT2D eigenvalue weighted by molar-refractivity contribution is 0.685. The van der Waals surface area contributed by atoms with Gasteiger partial charge in [0.2, 0.25) is 0 Å². The van der Waals surface area contributed by atoms with Gasteiger partial charge >= 0.3 is 0 Å². The molecule has 0 bridgehead atoms. The van der Waals surface area contributed by atoms with E-state index in [2.05, 4.69) is 16.4 Å². The van der Waals surface area contributed by atoms with Crippen molar-refractivity contribution < 1.29 is 0 Å². The molecule has 0 atom stereocenters. The van der Waals surface area contributed by atoms with Gasteiger partial charge in [-0.3, -0.25) is 4.98 Å². The zero-order chi connectivity index (χ0) is 13.7. The SMILES string of the molecule is Cc1ccc(CNCCc2ccc(Cl)cc2Cl)cn1. The van der Waals surface area contributed by atoms with E-state index in [0.29, 0.717) is 5.02 Å². The van der Waals surface area contributed by atoms with Crippen LogP contribution < -0.4 is 5.32 Å². The summed E-state index contributed by atoms with van der Waals surface area (Å²) in [7, 11) is 0. The van der Waals surface area contributed by atoms with E-state index in [1.54, 1.807) is 6.07 Å². The number of aryl methyl sites for hydroxylation is 1. The Balaban J connectivity index is 1.79. The standard InChI is InChI=1S/C15H16Cl2N2/c1-11-2-3-12(10-19-11)9-18-7-6-13-4-5-14(16)8-15(13)17/h2-5,8,10,18H,6-7,9H2,1H3. The molecule has 0 saturated carbocycles. The molecular formula is C15H16Cl2N2. The maximum absolute atomic E-state index is 6.12. The molecule has 2 aromatic rings. The van der Waals surface area contributed by atoms with Gasteiger partial charge in [0.1, 0.15) is 0 Å². The first kappa shape index (κ1) is 14.3. The minimum atomic E-state index is 0.674. The van der Waals surface area contributed by atoms with Crippen molar-refractivity contribution in [2.45, 2.75) is 19.9 Å². The van der Waals surface area contributed by atoms with E-state index in [9.17, 15) is 0 Å². The van der Waals surface area contributed by atoms with Crippen molar-refractivity contribution >= 4 is 23.2 Å². The summed E-state index contributed by atoms with van der Waals surface area (Å²) in [6.07, 6.45) is 2.78. The summed E-state index contributed by atoms with van der Waals surface area (Å²) in [5, 5.41) is 4.78. The van der Waals surface area contributed by atoms with E-state index in [-0.39, 0.29) is 0 Å². The lowest BCUT2D eigenvalue weighted by Crippen LogP contribution is -2.16. The molecule has 0 amide bonds. The lowest BCUT2D eigenvalue weighted by Gasteiger charge is -2.07. The predicted molar refractivity (Wildman–Crippen MR) is 80.8 cm³/mol. The number of nitrogens with one attached hydrogen (secondary N) is 1. The third-order valence-electron chi connectivity index (χ3n) is 2.89. The lowest BCUT2D eigenvalue weighted by atomic mass is 10.1. The molecule has 100 valence electrons. The molecule has 0 radical (unpaired) electrons. The molecular weight excluding hydrogens is 279 g/mol. The Morgan fingerprint density at radius 1 is 1.16 bits per heavy atom. The average Bonchev–Trinajstić information content (AvgIpc) is 2.39. The molecule has 1 aromatic heterocycles. The molecule has 4 heteroatoms. The Bertz CT molecular complexity index is 538. The molecule has 0 saturated heterocycles. The molecule has 0 unspecified atom stereocenters. The highest BCUT2D eigenvalue weighted by Gasteiger charge is 2.01. The van der Waals surface area contributed by atoms with Gasteiger partial charge in [-0.05, 0) is 49.2 Å². The fourth-order valence-electron chi connectivity index (χ4n) is 1.78. The van der Waals surface area contributed by atoms with E-state index in [0.717, 1.165) is 35.8 Å². The third kappa shape index (κ3) is 4.50. The topological polar surface area (TPSA) is 24.9 Å². The molecule has 0 aliphatic heterocycles. The second-order valence-electron chi connectivity index (χ2n) is 4.47. The van der Waals surface area contributed by atoms with Crippen LogP contribution in [0.1, 0.15) is 16.8 Å². The number of halogens is 2. The van der Waals surface area contributed by atoms with Crippen LogP contribution >= 0.6 is 23.2 Å². The number of rotatable bonds is 5. The van der Waals surface area contributed by atoms with Crippen LogP contribution in [0.15, 0.2) is 36.5 Å². The first-order chi connectivity index (χ1) is 9.15. The second kappa shape index (κ2) is 6.90. The maximum Gasteiger partial charge on any atom is 0.0453 e. The van der Waals surface area contributed by atoms with Gasteiger partial charge < -0.3 is 5.32 Å². The fraction of sp³-hybridized carbons (Fsp3) is 0.267. The molecule has 0 fully saturated rings. The van der Waals surface area contributed by atoms with Gasteiger partial charge in [0, 0.05) is 28.5 Å². The molecule has 0 aliphatic rings. The highest BCUT2D eigenvalue weighted by atomic mass is 35.5. The normalized spacial score (nSPS) is 10.7. The number of hydrogen-bond acceptors (Lipinski definition) is 2. The van der Waals surface area contributed by atoms with Crippen LogP contribution in [0.4, 0.5) is 0 Å². The van der Waals surface area contributed by atoms with Gasteiger partial charge in [0.25, 0.3) is 0 Å². The highest BCUT2D eigenvalue weighted by molar-refractivity contribution is 6.35. The van der Waals surface area contributed by atoms with Crippen LogP contribution in [-0.4, -0.2) is 11.5 Å². The van der Waals surface area contributed by atoms with Crippen molar-refractivity contribution in [3.8, 4) is 0 Å². The van der Waals surface area contributed by atoms with E-state index >= 15 is 0 Å². The van der Waals surface area contributed by atoms with Crippen molar-refractivity contribution in [1.82, 2.24) is 10.3 Å². The Hall–Kier alpha value is -1.09. The summed E-state index contributed by atoms with van der Waals surface area (Å²) in [5.41, 5.74) is 3.34. The predicted octanol–water partition coefficient (Wildman–Crippen LogP) is 4.03. The first-order valence-electron chi connectivity index (χ1n) is 6.21. The fourth-order valence-corrected chi connectivity index (χ4v) is 2.29. The summed E-state index contributed by atoms with van der Waals surface area (Å²) in [6.45, 7) is 3.67. The quantitative estimate of drug-likeness (QED) is 0.842. The second-order valence-corrected chi connectivity index (χ2v) is 5.31. The van der Waals surface area contributed by atoms with Crippen molar-refractivity contribution in [3.05, 3.63) is 63.4 Å². The van der Waals surface area contributed by atoms with Gasteiger partial charge in [0.15, 0.2) is 0 Å². The molecule has 2 rings (SSSR count). The van der Waals surface area contributed by atoms with Crippen LogP contribution in [0, 0.1) is 6.92 Å². The molecule has 2 nitrogen and oxygen atoms in total. The van der Waals surface area contributed by atoms with Crippen LogP contribution in [0.5, 0.6) is 0 Å². The Morgan fingerprint density at radius 3 is 2.68 bits per heavy atom. The molecule has 0 aliphatic carbocycles. The monoisotopic (exact) mass is 294 g/mol. The Labute approximate surface area is 123 Å². The number of benzene rings is 1. The molecule has 19 heavy (non-hydrogen) atoms. The van der Waals surface area contributed by atoms with Gasteiger partial charge in [-0.25, -0.2) is 0 Å². The minimum Gasteiger partial charge on any atom is -0.312 e. The van der Waals surface area contributed by atoms with Crippen LogP contribution in [0.3, 0.4) is 0 Å². The summed E-state index contributed by atoms with van der Waals surface area (Å²) in [4.78, 5) is 4.26. The minimum absolute atomic E-state index is 0.674. The van der Waals surface area contributed by atoms with Gasteiger partial charge in [-0.15, -0.1) is 0 Å². The third-order valence-corrected chi connectivity index (χ3v) is 3.47. The summed E-state index contributed by atoms with van der Waals surface area (Å²) >= 11 is 12.0. The van der Waals surface area contributed by atoms with E-state index in [1.165, 1.54) is 5.56 Å².